The molecule has 0 saturated heterocycles. The van der Waals surface area contributed by atoms with Gasteiger partial charge in [0.1, 0.15) is 0 Å². The number of carboxylic acid groups (broad SMARTS) is 1. The second-order valence-electron chi connectivity index (χ2n) is 3.32. The van der Waals surface area contributed by atoms with Gasteiger partial charge in [0.05, 0.1) is 10.6 Å². The van der Waals surface area contributed by atoms with E-state index in [4.69, 9.17) is 21.1 Å². The summed E-state index contributed by atoms with van der Waals surface area (Å²) in [5.41, 5.74) is -0.647. The predicted molar refractivity (Wildman–Crippen MR) is 58.9 cm³/mol. The number of benzene rings is 1. The number of hydrogen-bond donors (Lipinski definition) is 1. The van der Waals surface area contributed by atoms with Gasteiger partial charge in [-0.05, 0) is 12.1 Å². The zero-order valence-corrected chi connectivity index (χ0v) is 9.49. The van der Waals surface area contributed by atoms with E-state index in [9.17, 15) is 13.6 Å². The third kappa shape index (κ3) is 2.19. The Morgan fingerprint density at radius 3 is 2.56 bits per heavy atom. The number of nitrogens with zero attached hydrogens (tertiary/aromatic N) is 1. The summed E-state index contributed by atoms with van der Waals surface area (Å²) in [6, 6.07) is 6.26. The lowest BCUT2D eigenvalue weighted by Crippen LogP contribution is -1.99. The highest BCUT2D eigenvalue weighted by Gasteiger charge is 2.27. The minimum Gasteiger partial charge on any atom is -0.475 e. The Morgan fingerprint density at radius 2 is 2.06 bits per heavy atom. The zero-order valence-electron chi connectivity index (χ0n) is 8.73. The summed E-state index contributed by atoms with van der Waals surface area (Å²) in [5, 5.41) is 8.98. The fourth-order valence-corrected chi connectivity index (χ4v) is 1.60. The van der Waals surface area contributed by atoms with Crippen LogP contribution in [-0.2, 0) is 0 Å². The van der Waals surface area contributed by atoms with Crippen LogP contribution >= 0.6 is 11.6 Å². The van der Waals surface area contributed by atoms with Gasteiger partial charge in [-0.2, -0.15) is 0 Å². The minimum atomic E-state index is -3.03. The van der Waals surface area contributed by atoms with Crippen LogP contribution in [0.25, 0.3) is 11.5 Å². The molecule has 7 heteroatoms. The van der Waals surface area contributed by atoms with Crippen LogP contribution in [0.3, 0.4) is 0 Å². The van der Waals surface area contributed by atoms with Crippen molar-refractivity contribution in [3.05, 3.63) is 40.7 Å². The molecule has 0 amide bonds. The summed E-state index contributed by atoms with van der Waals surface area (Å²) in [6.07, 6.45) is -3.03. The summed E-state index contributed by atoms with van der Waals surface area (Å²) in [4.78, 5) is 14.2. The third-order valence-corrected chi connectivity index (χ3v) is 2.49. The van der Waals surface area contributed by atoms with E-state index in [-0.39, 0.29) is 16.5 Å². The number of oxazole rings is 1. The van der Waals surface area contributed by atoms with E-state index < -0.39 is 23.8 Å². The number of carboxylic acids is 1. The standard InChI is InChI=1S/C11H6ClF2NO3/c12-6-4-2-1-3-5(6)10-15-7(9(13)14)8(18-10)11(16)17/h1-4,9H,(H,16,17). The van der Waals surface area contributed by atoms with Gasteiger partial charge in [-0.15, -0.1) is 0 Å². The van der Waals surface area contributed by atoms with Crippen molar-refractivity contribution in [2.45, 2.75) is 6.43 Å². The molecule has 2 aromatic rings. The second-order valence-corrected chi connectivity index (χ2v) is 3.73. The molecule has 0 aliphatic heterocycles. The fourth-order valence-electron chi connectivity index (χ4n) is 1.38. The van der Waals surface area contributed by atoms with Gasteiger partial charge in [0.2, 0.25) is 11.7 Å². The second kappa shape index (κ2) is 4.73. The topological polar surface area (TPSA) is 63.3 Å². The van der Waals surface area contributed by atoms with Crippen molar-refractivity contribution in [1.29, 1.82) is 0 Å². The number of aromatic carboxylic acids is 1. The molecular weight excluding hydrogens is 268 g/mol. The zero-order chi connectivity index (χ0) is 13.3. The molecule has 1 heterocycles. The van der Waals surface area contributed by atoms with Crippen molar-refractivity contribution in [2.24, 2.45) is 0 Å². The van der Waals surface area contributed by atoms with Crippen molar-refractivity contribution >= 4 is 17.6 Å². The molecule has 94 valence electrons. The highest BCUT2D eigenvalue weighted by atomic mass is 35.5. The Kier molecular flexibility index (Phi) is 3.29. The van der Waals surface area contributed by atoms with Gasteiger partial charge in [-0.1, -0.05) is 23.7 Å². The van der Waals surface area contributed by atoms with Gasteiger partial charge in [0, 0.05) is 0 Å². The Bertz CT molecular complexity index is 598. The maximum absolute atomic E-state index is 12.6. The first-order chi connectivity index (χ1) is 8.50. The molecule has 0 fully saturated rings. The van der Waals surface area contributed by atoms with Gasteiger partial charge in [0.25, 0.3) is 6.43 Å². The molecule has 4 nitrogen and oxygen atoms in total. The Morgan fingerprint density at radius 1 is 1.39 bits per heavy atom. The van der Waals surface area contributed by atoms with E-state index in [2.05, 4.69) is 4.98 Å². The molecule has 1 aromatic carbocycles. The van der Waals surface area contributed by atoms with Gasteiger partial charge < -0.3 is 9.52 Å². The number of aromatic nitrogens is 1. The summed E-state index contributed by atoms with van der Waals surface area (Å²) in [5.74, 6) is -2.72. The third-order valence-electron chi connectivity index (χ3n) is 2.16. The first kappa shape index (κ1) is 12.5. The molecule has 0 saturated carbocycles. The van der Waals surface area contributed by atoms with Gasteiger partial charge in [-0.25, -0.2) is 18.6 Å². The number of hydrogen-bond acceptors (Lipinski definition) is 3. The van der Waals surface area contributed by atoms with Crippen LogP contribution in [0.1, 0.15) is 22.7 Å². The Hall–Kier alpha value is -1.95. The lowest BCUT2D eigenvalue weighted by molar-refractivity contribution is 0.0647. The van der Waals surface area contributed by atoms with E-state index in [1.165, 1.54) is 12.1 Å². The van der Waals surface area contributed by atoms with Crippen LogP contribution < -0.4 is 0 Å². The van der Waals surface area contributed by atoms with E-state index in [0.29, 0.717) is 0 Å². The summed E-state index contributed by atoms with van der Waals surface area (Å²) >= 11 is 5.84. The van der Waals surface area contributed by atoms with Gasteiger partial charge in [-0.3, -0.25) is 0 Å². The van der Waals surface area contributed by atoms with Gasteiger partial charge in [0.15, 0.2) is 5.69 Å². The van der Waals surface area contributed by atoms with Crippen LogP contribution in [0.2, 0.25) is 5.02 Å². The molecule has 2 rings (SSSR count). The Labute approximate surface area is 105 Å². The average molecular weight is 274 g/mol. The van der Waals surface area contributed by atoms with E-state index in [1.807, 2.05) is 0 Å². The maximum atomic E-state index is 12.6. The summed E-state index contributed by atoms with van der Waals surface area (Å²) < 4.78 is 30.0. The first-order valence-electron chi connectivity index (χ1n) is 4.77. The number of halogens is 3. The number of alkyl halides is 2. The largest absolute Gasteiger partial charge is 0.475 e. The van der Waals surface area contributed by atoms with Crippen LogP contribution in [0.15, 0.2) is 28.7 Å². The van der Waals surface area contributed by atoms with Gasteiger partial charge >= 0.3 is 5.97 Å². The smallest absolute Gasteiger partial charge is 0.374 e. The van der Waals surface area contributed by atoms with Crippen molar-refractivity contribution in [3.63, 3.8) is 0 Å². The van der Waals surface area contributed by atoms with Crippen LogP contribution in [0, 0.1) is 0 Å². The molecule has 1 aromatic heterocycles. The van der Waals surface area contributed by atoms with Crippen molar-refractivity contribution in [1.82, 2.24) is 4.98 Å². The molecule has 0 unspecified atom stereocenters. The molecular formula is C11H6ClF2NO3. The summed E-state index contributed by atoms with van der Waals surface area (Å²) in [6.45, 7) is 0. The molecule has 0 bridgehead atoms. The molecule has 0 radical (unpaired) electrons. The average Bonchev–Trinajstić information content (AvgIpc) is 2.74. The van der Waals surface area contributed by atoms with Crippen LogP contribution in [0.4, 0.5) is 8.78 Å². The monoisotopic (exact) mass is 273 g/mol. The SMILES string of the molecule is O=C(O)c1oc(-c2ccccc2Cl)nc1C(F)F. The molecule has 0 aliphatic rings. The van der Waals surface area contributed by atoms with Crippen LogP contribution in [0.5, 0.6) is 0 Å². The molecule has 0 atom stereocenters. The van der Waals surface area contributed by atoms with Crippen molar-refractivity contribution in [2.75, 3.05) is 0 Å². The fraction of sp³-hybridized carbons (Fsp3) is 0.0909. The van der Waals surface area contributed by atoms with Crippen molar-refractivity contribution in [3.8, 4) is 11.5 Å². The highest BCUT2D eigenvalue weighted by Crippen LogP contribution is 2.31. The molecule has 1 N–H and O–H groups in total. The lowest BCUT2D eigenvalue weighted by Gasteiger charge is -1.97. The summed E-state index contributed by atoms with van der Waals surface area (Å²) in [7, 11) is 0. The normalized spacial score (nSPS) is 10.9. The molecule has 18 heavy (non-hydrogen) atoms. The van der Waals surface area contributed by atoms with Crippen molar-refractivity contribution < 1.29 is 23.1 Å². The Balaban J connectivity index is 2.57. The highest BCUT2D eigenvalue weighted by molar-refractivity contribution is 6.33. The van der Waals surface area contributed by atoms with E-state index in [1.54, 1.807) is 12.1 Å². The predicted octanol–water partition coefficient (Wildman–Crippen LogP) is 3.63. The van der Waals surface area contributed by atoms with E-state index in [0.717, 1.165) is 0 Å². The maximum Gasteiger partial charge on any atom is 0.374 e. The number of rotatable bonds is 3. The molecule has 0 spiro atoms. The number of carbonyl (C=O) groups is 1. The van der Waals surface area contributed by atoms with Crippen LogP contribution in [-0.4, -0.2) is 16.1 Å². The molecule has 0 aliphatic carbocycles. The van der Waals surface area contributed by atoms with E-state index >= 15 is 0 Å². The first-order valence-corrected chi connectivity index (χ1v) is 5.15. The quantitative estimate of drug-likeness (QED) is 0.927. The lowest BCUT2D eigenvalue weighted by atomic mass is 10.2. The minimum absolute atomic E-state index is 0.233.